The molecular weight excluding hydrogens is 424 g/mol. The SMILES string of the molecule is COc1ccc(NC(=O)c2c(NC(=O)c3ccco3)sc3c2CC[C@@H](C(C)(C)C)C3)cc1. The number of carbonyl (C=O) groups is 2. The largest absolute Gasteiger partial charge is 0.497 e. The molecule has 0 saturated carbocycles. The number of thiophene rings is 1. The average molecular weight is 453 g/mol. The molecule has 0 saturated heterocycles. The topological polar surface area (TPSA) is 80.6 Å². The van der Waals surface area contributed by atoms with Gasteiger partial charge in [0.05, 0.1) is 18.9 Å². The Bertz CT molecular complexity index is 1110. The first-order valence-electron chi connectivity index (χ1n) is 10.7. The molecule has 2 N–H and O–H groups in total. The summed E-state index contributed by atoms with van der Waals surface area (Å²) in [6, 6.07) is 10.5. The van der Waals surface area contributed by atoms with Gasteiger partial charge in [-0.15, -0.1) is 11.3 Å². The van der Waals surface area contributed by atoms with E-state index in [0.29, 0.717) is 22.2 Å². The highest BCUT2D eigenvalue weighted by Gasteiger charge is 2.34. The maximum atomic E-state index is 13.4. The summed E-state index contributed by atoms with van der Waals surface area (Å²) in [6.07, 6.45) is 4.19. The van der Waals surface area contributed by atoms with E-state index in [1.54, 1.807) is 43.5 Å². The van der Waals surface area contributed by atoms with Crippen LogP contribution in [0.4, 0.5) is 10.7 Å². The molecule has 0 fully saturated rings. The normalized spacial score (nSPS) is 15.7. The number of rotatable bonds is 5. The molecule has 168 valence electrons. The van der Waals surface area contributed by atoms with Crippen molar-refractivity contribution in [3.8, 4) is 5.75 Å². The van der Waals surface area contributed by atoms with Gasteiger partial charge >= 0.3 is 0 Å². The first-order valence-corrected chi connectivity index (χ1v) is 11.5. The lowest BCUT2D eigenvalue weighted by Crippen LogP contribution is -2.27. The molecule has 32 heavy (non-hydrogen) atoms. The number of ether oxygens (including phenoxy) is 1. The molecular formula is C25H28N2O4S. The van der Waals surface area contributed by atoms with Gasteiger partial charge < -0.3 is 19.8 Å². The van der Waals surface area contributed by atoms with E-state index in [4.69, 9.17) is 9.15 Å². The fourth-order valence-electron chi connectivity index (χ4n) is 4.09. The van der Waals surface area contributed by atoms with Gasteiger partial charge in [-0.05, 0) is 72.6 Å². The molecule has 3 aromatic rings. The molecule has 0 spiro atoms. The van der Waals surface area contributed by atoms with Crippen LogP contribution in [-0.2, 0) is 12.8 Å². The van der Waals surface area contributed by atoms with Crippen molar-refractivity contribution in [2.24, 2.45) is 11.3 Å². The lowest BCUT2D eigenvalue weighted by atomic mass is 9.72. The molecule has 6 nitrogen and oxygen atoms in total. The van der Waals surface area contributed by atoms with Gasteiger partial charge in [-0.2, -0.15) is 0 Å². The Morgan fingerprint density at radius 3 is 2.47 bits per heavy atom. The number of methoxy groups -OCH3 is 1. The second kappa shape index (κ2) is 8.82. The van der Waals surface area contributed by atoms with E-state index in [9.17, 15) is 9.59 Å². The van der Waals surface area contributed by atoms with Gasteiger partial charge in [-0.25, -0.2) is 0 Å². The zero-order valence-corrected chi connectivity index (χ0v) is 19.6. The quantitative estimate of drug-likeness (QED) is 0.497. The highest BCUT2D eigenvalue weighted by atomic mass is 32.1. The molecule has 0 aliphatic heterocycles. The Kier molecular flexibility index (Phi) is 6.11. The molecule has 1 aliphatic carbocycles. The Labute approximate surface area is 192 Å². The first-order chi connectivity index (χ1) is 15.3. The summed E-state index contributed by atoms with van der Waals surface area (Å²) in [7, 11) is 1.60. The zero-order valence-electron chi connectivity index (χ0n) is 18.8. The van der Waals surface area contributed by atoms with Gasteiger partial charge in [0, 0.05) is 10.6 Å². The number of hydrogen-bond acceptors (Lipinski definition) is 5. The Balaban J connectivity index is 1.66. The van der Waals surface area contributed by atoms with Crippen molar-refractivity contribution in [2.75, 3.05) is 17.7 Å². The predicted molar refractivity (Wildman–Crippen MR) is 127 cm³/mol. The van der Waals surface area contributed by atoms with E-state index in [2.05, 4.69) is 31.4 Å². The Hall–Kier alpha value is -3.06. The van der Waals surface area contributed by atoms with Crippen molar-refractivity contribution in [3.63, 3.8) is 0 Å². The molecule has 0 unspecified atom stereocenters. The van der Waals surface area contributed by atoms with Crippen LogP contribution in [-0.4, -0.2) is 18.9 Å². The van der Waals surface area contributed by atoms with Gasteiger partial charge in [-0.1, -0.05) is 20.8 Å². The first kappa shape index (κ1) is 22.1. The second-order valence-corrected chi connectivity index (χ2v) is 10.2. The predicted octanol–water partition coefficient (Wildman–Crippen LogP) is 6.01. The van der Waals surface area contributed by atoms with E-state index >= 15 is 0 Å². The maximum Gasteiger partial charge on any atom is 0.291 e. The summed E-state index contributed by atoms with van der Waals surface area (Å²) in [5.74, 6) is 0.872. The van der Waals surface area contributed by atoms with Gasteiger partial charge in [0.1, 0.15) is 10.8 Å². The molecule has 1 aromatic carbocycles. The van der Waals surface area contributed by atoms with Crippen LogP contribution < -0.4 is 15.4 Å². The van der Waals surface area contributed by atoms with Crippen molar-refractivity contribution < 1.29 is 18.7 Å². The number of fused-ring (bicyclic) bond motifs is 1. The van der Waals surface area contributed by atoms with E-state index in [-0.39, 0.29) is 23.0 Å². The van der Waals surface area contributed by atoms with Gasteiger partial charge in [0.25, 0.3) is 11.8 Å². The van der Waals surface area contributed by atoms with Crippen molar-refractivity contribution in [1.29, 1.82) is 0 Å². The highest BCUT2D eigenvalue weighted by molar-refractivity contribution is 7.17. The van der Waals surface area contributed by atoms with Crippen molar-refractivity contribution in [3.05, 3.63) is 64.4 Å². The van der Waals surface area contributed by atoms with Crippen molar-refractivity contribution >= 4 is 33.8 Å². The molecule has 0 bridgehead atoms. The average Bonchev–Trinajstić information content (AvgIpc) is 3.41. The third-order valence-electron chi connectivity index (χ3n) is 6.04. The van der Waals surface area contributed by atoms with Crippen LogP contribution in [0.15, 0.2) is 47.1 Å². The van der Waals surface area contributed by atoms with Crippen LogP contribution in [0, 0.1) is 11.3 Å². The fraction of sp³-hybridized carbons (Fsp3) is 0.360. The molecule has 4 rings (SSSR count). The number of furan rings is 1. The number of amides is 2. The minimum absolute atomic E-state index is 0.185. The Morgan fingerprint density at radius 1 is 1.09 bits per heavy atom. The van der Waals surface area contributed by atoms with Crippen LogP contribution in [0.25, 0.3) is 0 Å². The molecule has 2 amide bonds. The third kappa shape index (κ3) is 4.58. The summed E-state index contributed by atoms with van der Waals surface area (Å²) in [5.41, 5.74) is 2.44. The fourth-order valence-corrected chi connectivity index (χ4v) is 5.41. The minimum atomic E-state index is -0.362. The van der Waals surface area contributed by atoms with Crippen LogP contribution in [0.2, 0.25) is 0 Å². The van der Waals surface area contributed by atoms with Crippen LogP contribution in [0.1, 0.15) is 58.5 Å². The molecule has 1 aliphatic rings. The Morgan fingerprint density at radius 2 is 1.84 bits per heavy atom. The monoisotopic (exact) mass is 452 g/mol. The third-order valence-corrected chi connectivity index (χ3v) is 7.21. The van der Waals surface area contributed by atoms with Gasteiger partial charge in [0.15, 0.2) is 5.76 Å². The van der Waals surface area contributed by atoms with Crippen LogP contribution >= 0.6 is 11.3 Å². The highest BCUT2D eigenvalue weighted by Crippen LogP contribution is 2.44. The van der Waals surface area contributed by atoms with E-state index < -0.39 is 0 Å². The molecule has 7 heteroatoms. The minimum Gasteiger partial charge on any atom is -0.497 e. The smallest absolute Gasteiger partial charge is 0.291 e. The number of carbonyl (C=O) groups excluding carboxylic acids is 2. The summed E-state index contributed by atoms with van der Waals surface area (Å²) in [5, 5.41) is 6.45. The summed E-state index contributed by atoms with van der Waals surface area (Å²) in [4.78, 5) is 27.2. The maximum absolute atomic E-state index is 13.4. The van der Waals surface area contributed by atoms with E-state index in [1.807, 2.05) is 0 Å². The second-order valence-electron chi connectivity index (χ2n) is 9.13. The van der Waals surface area contributed by atoms with Crippen molar-refractivity contribution in [1.82, 2.24) is 0 Å². The lowest BCUT2D eigenvalue weighted by Gasteiger charge is -2.33. The number of benzene rings is 1. The van der Waals surface area contributed by atoms with Gasteiger partial charge in [-0.3, -0.25) is 9.59 Å². The summed E-state index contributed by atoms with van der Waals surface area (Å²) >= 11 is 1.50. The zero-order chi connectivity index (χ0) is 22.9. The summed E-state index contributed by atoms with van der Waals surface area (Å²) < 4.78 is 10.4. The number of hydrogen-bond donors (Lipinski definition) is 2. The van der Waals surface area contributed by atoms with E-state index in [0.717, 1.165) is 30.6 Å². The molecule has 2 aromatic heterocycles. The van der Waals surface area contributed by atoms with Crippen LogP contribution in [0.5, 0.6) is 5.75 Å². The van der Waals surface area contributed by atoms with Gasteiger partial charge in [0.2, 0.25) is 0 Å². The summed E-state index contributed by atoms with van der Waals surface area (Å²) in [6.45, 7) is 6.77. The number of nitrogens with one attached hydrogen (secondary N) is 2. The standard InChI is InChI=1S/C25H28N2O4S/c1-25(2,3)15-7-12-18-20(14-15)32-24(27-22(28)19-6-5-13-31-19)21(18)23(29)26-16-8-10-17(30-4)11-9-16/h5-6,8-11,13,15H,7,12,14H2,1-4H3,(H,26,29)(H,27,28)/t15-/m1/s1. The van der Waals surface area contributed by atoms with Crippen molar-refractivity contribution in [2.45, 2.75) is 40.0 Å². The lowest BCUT2D eigenvalue weighted by molar-refractivity contribution is 0.0997. The van der Waals surface area contributed by atoms with Crippen LogP contribution in [0.3, 0.4) is 0 Å². The number of anilines is 2. The molecule has 1 atom stereocenters. The molecule has 2 heterocycles. The van der Waals surface area contributed by atoms with E-state index in [1.165, 1.54) is 22.5 Å². The molecule has 0 radical (unpaired) electrons.